The molecule has 1 aliphatic rings. The summed E-state index contributed by atoms with van der Waals surface area (Å²) in [7, 11) is 0. The highest BCUT2D eigenvalue weighted by Gasteiger charge is 2.26. The van der Waals surface area contributed by atoms with E-state index in [1.807, 2.05) is 0 Å². The Bertz CT molecular complexity index is 354. The van der Waals surface area contributed by atoms with Crippen LogP contribution in [0.15, 0.2) is 0 Å². The van der Waals surface area contributed by atoms with Crippen LogP contribution in [-0.2, 0) is 14.3 Å². The first-order valence-corrected chi connectivity index (χ1v) is 6.10. The molecule has 1 rings (SSSR count). The highest BCUT2D eigenvalue weighted by Crippen LogP contribution is 2.15. The van der Waals surface area contributed by atoms with Gasteiger partial charge in [0.05, 0.1) is 18.6 Å². The van der Waals surface area contributed by atoms with Crippen LogP contribution in [0.1, 0.15) is 26.2 Å². The second-order valence-electron chi connectivity index (χ2n) is 4.52. The van der Waals surface area contributed by atoms with E-state index >= 15 is 0 Å². The molecule has 19 heavy (non-hydrogen) atoms. The molecule has 1 fully saturated rings. The van der Waals surface area contributed by atoms with Crippen LogP contribution in [0.5, 0.6) is 0 Å². The molecule has 0 spiro atoms. The minimum atomic E-state index is -1.32. The molecular weight excluding hydrogens is 254 g/mol. The van der Waals surface area contributed by atoms with Crippen molar-refractivity contribution in [3.8, 4) is 0 Å². The van der Waals surface area contributed by atoms with Crippen LogP contribution in [0.2, 0.25) is 0 Å². The van der Waals surface area contributed by atoms with Gasteiger partial charge in [-0.1, -0.05) is 0 Å². The Labute approximate surface area is 110 Å². The van der Waals surface area contributed by atoms with Gasteiger partial charge in [-0.2, -0.15) is 0 Å². The molecule has 8 nitrogen and oxygen atoms in total. The topological polar surface area (TPSA) is 131 Å². The lowest BCUT2D eigenvalue weighted by atomic mass is 10.1. The first-order chi connectivity index (χ1) is 8.90. The molecule has 8 heteroatoms. The summed E-state index contributed by atoms with van der Waals surface area (Å²) in [6, 6.07) is -2.21. The van der Waals surface area contributed by atoms with Gasteiger partial charge >= 0.3 is 12.0 Å². The molecule has 1 saturated heterocycles. The van der Waals surface area contributed by atoms with Crippen molar-refractivity contribution in [2.45, 2.75) is 44.4 Å². The van der Waals surface area contributed by atoms with Crippen molar-refractivity contribution < 1.29 is 24.2 Å². The molecule has 5 N–H and O–H groups in total. The summed E-state index contributed by atoms with van der Waals surface area (Å²) in [5.74, 6) is -2.10. The minimum absolute atomic E-state index is 0.0647. The van der Waals surface area contributed by atoms with Crippen LogP contribution >= 0.6 is 0 Å². The van der Waals surface area contributed by atoms with Crippen LogP contribution < -0.4 is 16.4 Å². The Balaban J connectivity index is 2.43. The van der Waals surface area contributed by atoms with Gasteiger partial charge in [0, 0.05) is 6.61 Å². The summed E-state index contributed by atoms with van der Waals surface area (Å²) in [5.41, 5.74) is 4.91. The van der Waals surface area contributed by atoms with Gasteiger partial charge in [0.1, 0.15) is 6.04 Å². The summed E-state index contributed by atoms with van der Waals surface area (Å²) >= 11 is 0. The molecule has 3 atom stereocenters. The Hall–Kier alpha value is -1.83. The molecule has 0 aliphatic carbocycles. The number of ether oxygens (including phenoxy) is 1. The van der Waals surface area contributed by atoms with Crippen molar-refractivity contribution in [1.29, 1.82) is 0 Å². The summed E-state index contributed by atoms with van der Waals surface area (Å²) in [6.45, 7) is 2.44. The molecular formula is C11H19N3O5. The van der Waals surface area contributed by atoms with E-state index in [0.29, 0.717) is 6.61 Å². The lowest BCUT2D eigenvalue weighted by molar-refractivity contribution is -0.140. The van der Waals surface area contributed by atoms with E-state index in [2.05, 4.69) is 10.6 Å². The van der Waals surface area contributed by atoms with Crippen LogP contribution in [0.3, 0.4) is 0 Å². The maximum absolute atomic E-state index is 11.6. The van der Waals surface area contributed by atoms with Crippen molar-refractivity contribution in [2.24, 2.45) is 5.73 Å². The first kappa shape index (κ1) is 15.2. The Morgan fingerprint density at radius 1 is 1.42 bits per heavy atom. The third-order valence-corrected chi connectivity index (χ3v) is 2.89. The smallest absolute Gasteiger partial charge is 0.326 e. The zero-order chi connectivity index (χ0) is 14.4. The zero-order valence-electron chi connectivity index (χ0n) is 10.7. The second-order valence-corrected chi connectivity index (χ2v) is 4.52. The van der Waals surface area contributed by atoms with Crippen molar-refractivity contribution in [1.82, 2.24) is 10.6 Å². The van der Waals surface area contributed by atoms with Gasteiger partial charge in [-0.3, -0.25) is 4.79 Å². The predicted octanol–water partition coefficient (Wildman–Crippen LogP) is -0.818. The van der Waals surface area contributed by atoms with Gasteiger partial charge in [-0.15, -0.1) is 0 Å². The first-order valence-electron chi connectivity index (χ1n) is 6.10. The predicted molar refractivity (Wildman–Crippen MR) is 65.3 cm³/mol. The SMILES string of the molecule is CC(NC(=O)N[C@@H](CC(N)=O)C(=O)O)C1CCCO1. The fourth-order valence-corrected chi connectivity index (χ4v) is 1.90. The number of amides is 3. The fourth-order valence-electron chi connectivity index (χ4n) is 1.90. The summed E-state index contributed by atoms with van der Waals surface area (Å²) in [4.78, 5) is 33.1. The standard InChI is InChI=1S/C11H19N3O5/c1-6(8-3-2-4-19-8)13-11(18)14-7(10(16)17)5-9(12)15/h6-8H,2-5H2,1H3,(H2,12,15)(H,16,17)(H2,13,14,18)/t6?,7-,8?/m0/s1. The number of carboxylic acid groups (broad SMARTS) is 1. The van der Waals surface area contributed by atoms with Crippen LogP contribution in [0, 0.1) is 0 Å². The van der Waals surface area contributed by atoms with Gasteiger partial charge in [0.25, 0.3) is 0 Å². The Morgan fingerprint density at radius 3 is 2.58 bits per heavy atom. The van der Waals surface area contributed by atoms with E-state index in [4.69, 9.17) is 15.6 Å². The number of carboxylic acids is 1. The Kier molecular flexibility index (Phi) is 5.56. The third-order valence-electron chi connectivity index (χ3n) is 2.89. The fraction of sp³-hybridized carbons (Fsp3) is 0.727. The van der Waals surface area contributed by atoms with Crippen molar-refractivity contribution in [3.05, 3.63) is 0 Å². The number of urea groups is 1. The monoisotopic (exact) mass is 273 g/mol. The van der Waals surface area contributed by atoms with Crippen molar-refractivity contribution in [2.75, 3.05) is 6.61 Å². The van der Waals surface area contributed by atoms with Gasteiger partial charge in [0.15, 0.2) is 0 Å². The Morgan fingerprint density at radius 2 is 2.11 bits per heavy atom. The summed E-state index contributed by atoms with van der Waals surface area (Å²) < 4.78 is 5.40. The molecule has 108 valence electrons. The van der Waals surface area contributed by atoms with Crippen molar-refractivity contribution >= 4 is 17.9 Å². The highest BCUT2D eigenvalue weighted by atomic mass is 16.5. The number of nitrogens with one attached hydrogen (secondary N) is 2. The van der Waals surface area contributed by atoms with E-state index in [1.165, 1.54) is 0 Å². The average molecular weight is 273 g/mol. The van der Waals surface area contributed by atoms with Gasteiger partial charge in [0.2, 0.25) is 5.91 Å². The number of nitrogens with two attached hydrogens (primary N) is 1. The van der Waals surface area contributed by atoms with Crippen LogP contribution in [0.4, 0.5) is 4.79 Å². The number of rotatable bonds is 6. The second kappa shape index (κ2) is 6.93. The largest absolute Gasteiger partial charge is 0.480 e. The van der Waals surface area contributed by atoms with E-state index in [9.17, 15) is 14.4 Å². The molecule has 2 unspecified atom stereocenters. The minimum Gasteiger partial charge on any atom is -0.480 e. The molecule has 0 aromatic carbocycles. The number of carbonyl (C=O) groups excluding carboxylic acids is 2. The maximum Gasteiger partial charge on any atom is 0.326 e. The third kappa shape index (κ3) is 5.12. The molecule has 0 saturated carbocycles. The van der Waals surface area contributed by atoms with Crippen molar-refractivity contribution in [3.63, 3.8) is 0 Å². The van der Waals surface area contributed by atoms with E-state index in [-0.39, 0.29) is 12.1 Å². The molecule has 1 aliphatic heterocycles. The van der Waals surface area contributed by atoms with E-state index in [0.717, 1.165) is 12.8 Å². The van der Waals surface area contributed by atoms with Crippen LogP contribution in [0.25, 0.3) is 0 Å². The van der Waals surface area contributed by atoms with Gasteiger partial charge < -0.3 is 26.2 Å². The van der Waals surface area contributed by atoms with Gasteiger partial charge in [-0.25, -0.2) is 9.59 Å². The number of carbonyl (C=O) groups is 3. The number of aliphatic carboxylic acids is 1. The number of hydrogen-bond donors (Lipinski definition) is 4. The maximum atomic E-state index is 11.6. The molecule has 0 radical (unpaired) electrons. The quantitative estimate of drug-likeness (QED) is 0.502. The number of primary amides is 1. The van der Waals surface area contributed by atoms with E-state index < -0.39 is 30.4 Å². The summed E-state index contributed by atoms with van der Waals surface area (Å²) in [5, 5.41) is 13.6. The van der Waals surface area contributed by atoms with Gasteiger partial charge in [-0.05, 0) is 19.8 Å². The van der Waals surface area contributed by atoms with Crippen LogP contribution in [-0.4, -0.2) is 47.8 Å². The zero-order valence-corrected chi connectivity index (χ0v) is 10.7. The summed E-state index contributed by atoms with van der Waals surface area (Å²) in [6.07, 6.45) is 1.28. The average Bonchev–Trinajstić information content (AvgIpc) is 2.80. The molecule has 3 amide bonds. The number of hydrogen-bond acceptors (Lipinski definition) is 4. The molecule has 1 heterocycles. The lowest BCUT2D eigenvalue weighted by Crippen LogP contribution is -2.51. The molecule has 0 aromatic heterocycles. The van der Waals surface area contributed by atoms with E-state index in [1.54, 1.807) is 6.92 Å². The molecule has 0 aromatic rings. The molecule has 0 bridgehead atoms. The highest BCUT2D eigenvalue weighted by molar-refractivity contribution is 5.87. The normalized spacial score (nSPS) is 21.4. The lowest BCUT2D eigenvalue weighted by Gasteiger charge is -2.21.